The average molecular weight is 446 g/mol. The third-order valence-corrected chi connectivity index (χ3v) is 5.34. The van der Waals surface area contributed by atoms with Gasteiger partial charge in [0.15, 0.2) is 10.7 Å². The van der Waals surface area contributed by atoms with Crippen molar-refractivity contribution in [3.63, 3.8) is 0 Å². The van der Waals surface area contributed by atoms with E-state index in [1.807, 2.05) is 30.3 Å². The van der Waals surface area contributed by atoms with Gasteiger partial charge in [-0.2, -0.15) is 0 Å². The first-order valence-electron chi connectivity index (χ1n) is 10.4. The highest BCUT2D eigenvalue weighted by Gasteiger charge is 2.12. The standard InChI is InChI=1S/C25H23N3O3S/c1-3-16(2)17-9-11-22-21(15-17)27-24(31-22)18-6-4-7-19(14-18)26-25(32)28-23(29)12-10-20-8-5-13-30-20/h4-16H,3H2,1-2H3,(H2,26,28,29,32). The zero-order chi connectivity index (χ0) is 22.5. The lowest BCUT2D eigenvalue weighted by molar-refractivity contribution is -0.115. The summed E-state index contributed by atoms with van der Waals surface area (Å²) in [6.45, 7) is 4.37. The first kappa shape index (κ1) is 21.5. The number of carbonyl (C=O) groups is 1. The Hall–Kier alpha value is -3.71. The third kappa shape index (κ3) is 5.12. The Bertz CT molecular complexity index is 1270. The molecular formula is C25H23N3O3S. The number of nitrogens with zero attached hydrogens (tertiary/aromatic N) is 1. The van der Waals surface area contributed by atoms with Crippen molar-refractivity contribution in [2.75, 3.05) is 5.32 Å². The van der Waals surface area contributed by atoms with Crippen LogP contribution in [0.1, 0.15) is 37.5 Å². The van der Waals surface area contributed by atoms with Crippen molar-refractivity contribution in [2.24, 2.45) is 0 Å². The zero-order valence-electron chi connectivity index (χ0n) is 17.8. The largest absolute Gasteiger partial charge is 0.465 e. The number of thiocarbonyl (C=S) groups is 1. The molecular weight excluding hydrogens is 422 g/mol. The molecule has 0 saturated carbocycles. The molecule has 0 bridgehead atoms. The number of rotatable bonds is 6. The molecule has 0 aliphatic rings. The number of benzene rings is 2. The topological polar surface area (TPSA) is 80.3 Å². The van der Waals surface area contributed by atoms with E-state index in [2.05, 4.69) is 41.6 Å². The van der Waals surface area contributed by atoms with Gasteiger partial charge in [0.1, 0.15) is 11.3 Å². The van der Waals surface area contributed by atoms with Crippen molar-refractivity contribution in [1.82, 2.24) is 10.3 Å². The van der Waals surface area contributed by atoms with Crippen LogP contribution >= 0.6 is 12.2 Å². The van der Waals surface area contributed by atoms with Crippen LogP contribution in [-0.4, -0.2) is 16.0 Å². The van der Waals surface area contributed by atoms with Crippen LogP contribution in [0.4, 0.5) is 5.69 Å². The Morgan fingerprint density at radius 3 is 2.84 bits per heavy atom. The van der Waals surface area contributed by atoms with Crippen LogP contribution in [0.2, 0.25) is 0 Å². The Balaban J connectivity index is 1.45. The van der Waals surface area contributed by atoms with Crippen LogP contribution < -0.4 is 10.6 Å². The van der Waals surface area contributed by atoms with Gasteiger partial charge in [0, 0.05) is 17.3 Å². The number of aromatic nitrogens is 1. The SMILES string of the molecule is CCC(C)c1ccc2oc(-c3cccc(NC(=S)NC(=O)C=Cc4ccco4)c3)nc2c1. The van der Waals surface area contributed by atoms with E-state index in [-0.39, 0.29) is 11.0 Å². The molecule has 0 radical (unpaired) electrons. The highest BCUT2D eigenvalue weighted by atomic mass is 32.1. The summed E-state index contributed by atoms with van der Waals surface area (Å²) < 4.78 is 11.1. The van der Waals surface area contributed by atoms with E-state index in [1.54, 1.807) is 18.2 Å². The van der Waals surface area contributed by atoms with Gasteiger partial charge in [-0.25, -0.2) is 4.98 Å². The molecule has 32 heavy (non-hydrogen) atoms. The molecule has 7 heteroatoms. The van der Waals surface area contributed by atoms with Crippen LogP contribution in [-0.2, 0) is 4.79 Å². The quantitative estimate of drug-likeness (QED) is 0.275. The van der Waals surface area contributed by atoms with E-state index in [0.717, 1.165) is 23.1 Å². The van der Waals surface area contributed by atoms with Gasteiger partial charge in [-0.15, -0.1) is 0 Å². The summed E-state index contributed by atoms with van der Waals surface area (Å²) >= 11 is 5.25. The maximum Gasteiger partial charge on any atom is 0.250 e. The van der Waals surface area contributed by atoms with Gasteiger partial charge < -0.3 is 14.2 Å². The van der Waals surface area contributed by atoms with E-state index >= 15 is 0 Å². The first-order valence-corrected chi connectivity index (χ1v) is 10.8. The normalized spacial score (nSPS) is 12.2. The molecule has 2 N–H and O–H groups in total. The molecule has 0 saturated heterocycles. The maximum absolute atomic E-state index is 12.0. The van der Waals surface area contributed by atoms with Crippen molar-refractivity contribution >= 4 is 46.1 Å². The molecule has 4 rings (SSSR count). The third-order valence-electron chi connectivity index (χ3n) is 5.14. The molecule has 1 atom stereocenters. The monoisotopic (exact) mass is 445 g/mol. The second kappa shape index (κ2) is 9.62. The summed E-state index contributed by atoms with van der Waals surface area (Å²) in [5, 5.41) is 5.81. The van der Waals surface area contributed by atoms with Gasteiger partial charge in [0.25, 0.3) is 0 Å². The highest BCUT2D eigenvalue weighted by Crippen LogP contribution is 2.29. The van der Waals surface area contributed by atoms with Gasteiger partial charge >= 0.3 is 0 Å². The van der Waals surface area contributed by atoms with Gasteiger partial charge in [-0.3, -0.25) is 10.1 Å². The summed E-state index contributed by atoms with van der Waals surface area (Å²) in [6.07, 6.45) is 5.53. The minimum Gasteiger partial charge on any atom is -0.465 e. The van der Waals surface area contributed by atoms with E-state index in [1.165, 1.54) is 17.9 Å². The molecule has 0 aliphatic heterocycles. The molecule has 6 nitrogen and oxygen atoms in total. The summed E-state index contributed by atoms with van der Waals surface area (Å²) in [7, 11) is 0. The smallest absolute Gasteiger partial charge is 0.250 e. The minimum atomic E-state index is -0.355. The fourth-order valence-electron chi connectivity index (χ4n) is 3.20. The highest BCUT2D eigenvalue weighted by molar-refractivity contribution is 7.80. The Morgan fingerprint density at radius 1 is 1.19 bits per heavy atom. The summed E-state index contributed by atoms with van der Waals surface area (Å²) in [5.41, 5.74) is 4.35. The van der Waals surface area contributed by atoms with Crippen LogP contribution in [0.3, 0.4) is 0 Å². The Kier molecular flexibility index (Phi) is 6.47. The Morgan fingerprint density at radius 2 is 2.06 bits per heavy atom. The molecule has 0 fully saturated rings. The van der Waals surface area contributed by atoms with Crippen LogP contribution in [0.15, 0.2) is 75.8 Å². The lowest BCUT2D eigenvalue weighted by atomic mass is 9.98. The predicted octanol–water partition coefficient (Wildman–Crippen LogP) is 6.13. The van der Waals surface area contributed by atoms with Gasteiger partial charge in [0.2, 0.25) is 11.8 Å². The lowest BCUT2D eigenvalue weighted by Crippen LogP contribution is -2.32. The van der Waals surface area contributed by atoms with E-state index in [9.17, 15) is 4.79 Å². The fraction of sp³-hybridized carbons (Fsp3) is 0.160. The number of oxazole rings is 1. The van der Waals surface area contributed by atoms with Crippen LogP contribution in [0.25, 0.3) is 28.6 Å². The summed E-state index contributed by atoms with van der Waals surface area (Å²) in [6, 6.07) is 17.2. The van der Waals surface area contributed by atoms with Gasteiger partial charge in [-0.05, 0) is 78.7 Å². The summed E-state index contributed by atoms with van der Waals surface area (Å²) in [5.74, 6) is 1.23. The number of carbonyl (C=O) groups excluding carboxylic acids is 1. The van der Waals surface area contributed by atoms with Crippen molar-refractivity contribution in [1.29, 1.82) is 0 Å². The van der Waals surface area contributed by atoms with Crippen molar-refractivity contribution in [2.45, 2.75) is 26.2 Å². The summed E-state index contributed by atoms with van der Waals surface area (Å²) in [4.78, 5) is 16.7. The molecule has 1 unspecified atom stereocenters. The second-order valence-electron chi connectivity index (χ2n) is 7.43. The number of nitrogens with one attached hydrogen (secondary N) is 2. The fourth-order valence-corrected chi connectivity index (χ4v) is 3.42. The van der Waals surface area contributed by atoms with Crippen LogP contribution in [0.5, 0.6) is 0 Å². The molecule has 2 heterocycles. The zero-order valence-corrected chi connectivity index (χ0v) is 18.6. The van der Waals surface area contributed by atoms with E-state index in [4.69, 9.17) is 21.1 Å². The average Bonchev–Trinajstić information content (AvgIpc) is 3.46. The molecule has 2 aromatic heterocycles. The van der Waals surface area contributed by atoms with Crippen molar-refractivity contribution in [3.05, 3.63) is 78.3 Å². The molecule has 162 valence electrons. The number of furan rings is 1. The molecule has 4 aromatic rings. The molecule has 1 amide bonds. The second-order valence-corrected chi connectivity index (χ2v) is 7.84. The lowest BCUT2D eigenvalue weighted by Gasteiger charge is -2.08. The Labute approximate surface area is 191 Å². The number of amides is 1. The predicted molar refractivity (Wildman–Crippen MR) is 130 cm³/mol. The number of anilines is 1. The molecule has 0 aliphatic carbocycles. The van der Waals surface area contributed by atoms with Gasteiger partial charge in [-0.1, -0.05) is 26.0 Å². The molecule has 2 aromatic carbocycles. The molecule has 0 spiro atoms. The minimum absolute atomic E-state index is 0.187. The van der Waals surface area contributed by atoms with Crippen molar-refractivity contribution < 1.29 is 13.6 Å². The number of fused-ring (bicyclic) bond motifs is 1. The van der Waals surface area contributed by atoms with E-state index < -0.39 is 0 Å². The van der Waals surface area contributed by atoms with Crippen LogP contribution in [0, 0.1) is 0 Å². The first-order chi connectivity index (χ1) is 15.5. The van der Waals surface area contributed by atoms with Crippen molar-refractivity contribution in [3.8, 4) is 11.5 Å². The number of hydrogen-bond donors (Lipinski definition) is 2. The van der Waals surface area contributed by atoms with E-state index in [0.29, 0.717) is 23.3 Å². The number of hydrogen-bond acceptors (Lipinski definition) is 5. The van der Waals surface area contributed by atoms with Gasteiger partial charge in [0.05, 0.1) is 6.26 Å². The maximum atomic E-state index is 12.0.